The topological polar surface area (TPSA) is 69.2 Å². The molecule has 0 aromatic rings. The van der Waals surface area contributed by atoms with Crippen LogP contribution in [0, 0.1) is 0 Å². The van der Waals surface area contributed by atoms with Crippen molar-refractivity contribution >= 4 is 34.5 Å². The van der Waals surface area contributed by atoms with Crippen molar-refractivity contribution in [1.82, 2.24) is 20.8 Å². The molecule has 0 aliphatic carbocycles. The van der Waals surface area contributed by atoms with Crippen LogP contribution in [0.5, 0.6) is 0 Å². The van der Waals surface area contributed by atoms with Crippen LogP contribution in [-0.4, -0.2) is 53.0 Å². The maximum atomic E-state index is 12.3. The van der Waals surface area contributed by atoms with Gasteiger partial charge in [0.15, 0.2) is 11.0 Å². The normalized spacial score (nSPS) is 20.1. The smallest absolute Gasteiger partial charge is 0.436 e. The Bertz CT molecular complexity index is 481. The third kappa shape index (κ3) is 3.93. The average molecular weight is 336 g/mol. The summed E-state index contributed by atoms with van der Waals surface area (Å²) in [5, 5.41) is 8.58. The number of ether oxygens (including phenoxy) is 1. The van der Waals surface area contributed by atoms with Gasteiger partial charge in [0.2, 0.25) is 0 Å². The average Bonchev–Trinajstić information content (AvgIpc) is 2.40. The third-order valence-electron chi connectivity index (χ3n) is 2.83. The number of carbonyl (C=O) groups excluding carboxylic acids is 1. The van der Waals surface area contributed by atoms with E-state index >= 15 is 0 Å². The van der Waals surface area contributed by atoms with Gasteiger partial charge in [-0.25, -0.2) is 10.3 Å². The van der Waals surface area contributed by atoms with Crippen LogP contribution < -0.4 is 10.9 Å². The second kappa shape index (κ2) is 6.29. The molecule has 7 nitrogen and oxygen atoms in total. The SMILES string of the molecule is CC(C)(C)OC(=O)N1NN=C(Cl)C(Cl)=C1N1CCNCC1. The highest BCUT2D eigenvalue weighted by Gasteiger charge is 2.34. The number of allylic oxidation sites excluding steroid dienone is 1. The molecule has 0 aromatic carbocycles. The van der Waals surface area contributed by atoms with Gasteiger partial charge in [0.05, 0.1) is 0 Å². The zero-order chi connectivity index (χ0) is 15.6. The standard InChI is InChI=1S/C12H19Cl2N5O2/c1-12(2,3)21-11(20)19-10(8(13)9(14)16-17-19)18-6-4-15-5-7-18/h15,17H,4-7H2,1-3H3. The number of carbonyl (C=O) groups is 1. The molecule has 0 saturated carbocycles. The molecule has 1 saturated heterocycles. The largest absolute Gasteiger partial charge is 0.442 e. The molecule has 2 N–H and O–H groups in total. The van der Waals surface area contributed by atoms with Crippen LogP contribution in [0.4, 0.5) is 4.79 Å². The molecule has 2 aliphatic rings. The summed E-state index contributed by atoms with van der Waals surface area (Å²) in [5.41, 5.74) is 1.96. The molecule has 9 heteroatoms. The Balaban J connectivity index is 2.26. The fourth-order valence-electron chi connectivity index (χ4n) is 1.97. The first-order chi connectivity index (χ1) is 9.79. The van der Waals surface area contributed by atoms with Gasteiger partial charge in [0.25, 0.3) is 0 Å². The van der Waals surface area contributed by atoms with Crippen molar-refractivity contribution < 1.29 is 9.53 Å². The fourth-order valence-corrected chi connectivity index (χ4v) is 2.34. The predicted octanol–water partition coefficient (Wildman–Crippen LogP) is 1.61. The molecular formula is C12H19Cl2N5O2. The van der Waals surface area contributed by atoms with E-state index in [0.29, 0.717) is 18.9 Å². The van der Waals surface area contributed by atoms with E-state index in [1.807, 2.05) is 4.90 Å². The van der Waals surface area contributed by atoms with Crippen LogP contribution in [0.25, 0.3) is 0 Å². The Morgan fingerprint density at radius 1 is 1.29 bits per heavy atom. The van der Waals surface area contributed by atoms with Crippen LogP contribution in [-0.2, 0) is 4.74 Å². The molecule has 118 valence electrons. The van der Waals surface area contributed by atoms with Crippen LogP contribution >= 0.6 is 23.2 Å². The minimum atomic E-state index is -0.620. The molecule has 1 amide bonds. The van der Waals surface area contributed by atoms with Crippen molar-refractivity contribution in [1.29, 1.82) is 0 Å². The third-order valence-corrected chi connectivity index (χ3v) is 3.55. The summed E-state index contributed by atoms with van der Waals surface area (Å²) in [5.74, 6) is 0.465. The molecule has 0 bridgehead atoms. The zero-order valence-electron chi connectivity index (χ0n) is 12.2. The highest BCUT2D eigenvalue weighted by Crippen LogP contribution is 2.25. The van der Waals surface area contributed by atoms with E-state index in [2.05, 4.69) is 16.0 Å². The Labute approximate surface area is 133 Å². The van der Waals surface area contributed by atoms with Crippen molar-refractivity contribution in [2.24, 2.45) is 5.10 Å². The molecule has 0 aromatic heterocycles. The first-order valence-corrected chi connectivity index (χ1v) is 7.43. The highest BCUT2D eigenvalue weighted by atomic mass is 35.5. The van der Waals surface area contributed by atoms with E-state index in [-0.39, 0.29) is 10.2 Å². The van der Waals surface area contributed by atoms with Crippen LogP contribution in [0.15, 0.2) is 16.0 Å². The second-order valence-corrected chi connectivity index (χ2v) is 6.43. The number of hydrazine groups is 1. The molecule has 0 unspecified atom stereocenters. The number of hydrogen-bond donors (Lipinski definition) is 2. The van der Waals surface area contributed by atoms with Gasteiger partial charge in [-0.15, -0.1) is 5.10 Å². The Kier molecular flexibility index (Phi) is 4.85. The molecule has 2 heterocycles. The number of rotatable bonds is 1. The number of nitrogens with zero attached hydrogens (tertiary/aromatic N) is 3. The van der Waals surface area contributed by atoms with Crippen LogP contribution in [0.3, 0.4) is 0 Å². The van der Waals surface area contributed by atoms with E-state index in [0.717, 1.165) is 13.1 Å². The first kappa shape index (κ1) is 16.2. The molecule has 0 atom stereocenters. The molecule has 2 aliphatic heterocycles. The molecule has 21 heavy (non-hydrogen) atoms. The van der Waals surface area contributed by atoms with Gasteiger partial charge in [-0.2, -0.15) is 5.01 Å². The molecular weight excluding hydrogens is 317 g/mol. The number of halogens is 2. The van der Waals surface area contributed by atoms with Gasteiger partial charge in [-0.3, -0.25) is 0 Å². The monoisotopic (exact) mass is 335 g/mol. The van der Waals surface area contributed by atoms with Crippen LogP contribution in [0.1, 0.15) is 20.8 Å². The molecule has 1 fully saturated rings. The summed E-state index contributed by atoms with van der Waals surface area (Å²) in [7, 11) is 0. The predicted molar refractivity (Wildman–Crippen MR) is 81.8 cm³/mol. The van der Waals surface area contributed by atoms with E-state index in [1.165, 1.54) is 5.01 Å². The molecule has 2 rings (SSSR count). The zero-order valence-corrected chi connectivity index (χ0v) is 13.8. The van der Waals surface area contributed by atoms with Gasteiger partial charge in [-0.05, 0) is 20.8 Å². The number of hydrazone groups is 1. The number of hydrogen-bond acceptors (Lipinski definition) is 6. The van der Waals surface area contributed by atoms with E-state index < -0.39 is 11.7 Å². The minimum Gasteiger partial charge on any atom is -0.442 e. The maximum absolute atomic E-state index is 12.3. The Hall–Kier alpha value is -1.18. The van der Waals surface area contributed by atoms with E-state index in [4.69, 9.17) is 27.9 Å². The highest BCUT2D eigenvalue weighted by molar-refractivity contribution is 6.76. The minimum absolute atomic E-state index is 0.116. The fraction of sp³-hybridized carbons (Fsp3) is 0.667. The van der Waals surface area contributed by atoms with E-state index in [1.54, 1.807) is 20.8 Å². The quantitative estimate of drug-likeness (QED) is 0.761. The van der Waals surface area contributed by atoms with Crippen molar-refractivity contribution in [2.75, 3.05) is 26.2 Å². The number of amides is 1. The number of piperazine rings is 1. The second-order valence-electron chi connectivity index (χ2n) is 5.69. The van der Waals surface area contributed by atoms with Crippen molar-refractivity contribution in [3.63, 3.8) is 0 Å². The Morgan fingerprint density at radius 3 is 2.48 bits per heavy atom. The van der Waals surface area contributed by atoms with Gasteiger partial charge >= 0.3 is 6.09 Å². The van der Waals surface area contributed by atoms with Crippen molar-refractivity contribution in [2.45, 2.75) is 26.4 Å². The Morgan fingerprint density at radius 2 is 1.90 bits per heavy atom. The summed E-state index contributed by atoms with van der Waals surface area (Å²) in [6, 6.07) is 0. The summed E-state index contributed by atoms with van der Waals surface area (Å²) in [6.45, 7) is 8.38. The molecule has 0 radical (unpaired) electrons. The molecule has 0 spiro atoms. The summed E-state index contributed by atoms with van der Waals surface area (Å²) in [4.78, 5) is 14.3. The van der Waals surface area contributed by atoms with Gasteiger partial charge in [-0.1, -0.05) is 23.2 Å². The first-order valence-electron chi connectivity index (χ1n) is 6.67. The number of nitrogens with one attached hydrogen (secondary N) is 2. The van der Waals surface area contributed by atoms with E-state index in [9.17, 15) is 4.79 Å². The van der Waals surface area contributed by atoms with Gasteiger partial charge < -0.3 is 15.0 Å². The lowest BCUT2D eigenvalue weighted by molar-refractivity contribution is 0.0131. The van der Waals surface area contributed by atoms with Gasteiger partial charge in [0.1, 0.15) is 10.6 Å². The lowest BCUT2D eigenvalue weighted by atomic mass is 10.2. The maximum Gasteiger partial charge on any atom is 0.436 e. The summed E-state index contributed by atoms with van der Waals surface area (Å²) in [6.07, 6.45) is -0.581. The van der Waals surface area contributed by atoms with Crippen molar-refractivity contribution in [3.05, 3.63) is 10.9 Å². The van der Waals surface area contributed by atoms with Gasteiger partial charge in [0, 0.05) is 26.2 Å². The van der Waals surface area contributed by atoms with Crippen LogP contribution in [0.2, 0.25) is 0 Å². The summed E-state index contributed by atoms with van der Waals surface area (Å²) < 4.78 is 5.36. The lowest BCUT2D eigenvalue weighted by Crippen LogP contribution is -2.53. The van der Waals surface area contributed by atoms with Crippen molar-refractivity contribution in [3.8, 4) is 0 Å². The lowest BCUT2D eigenvalue weighted by Gasteiger charge is -2.38. The summed E-state index contributed by atoms with van der Waals surface area (Å²) >= 11 is 12.2.